The number of ether oxygens (including phenoxy) is 2. The molecule has 2 N–H and O–H groups in total. The highest BCUT2D eigenvalue weighted by Gasteiger charge is 2.29. The summed E-state index contributed by atoms with van der Waals surface area (Å²) >= 11 is 0. The van der Waals surface area contributed by atoms with Gasteiger partial charge in [0, 0.05) is 6.42 Å². The fourth-order valence-corrected chi connectivity index (χ4v) is 3.08. The van der Waals surface area contributed by atoms with Gasteiger partial charge in [-0.15, -0.1) is 0 Å². The molecule has 3 rings (SSSR count). The number of methoxy groups -OCH3 is 1. The lowest BCUT2D eigenvalue weighted by Gasteiger charge is -2.14. The average Bonchev–Trinajstić information content (AvgIpc) is 3.33. The summed E-state index contributed by atoms with van der Waals surface area (Å²) < 4.78 is 52.2. The fourth-order valence-electron chi connectivity index (χ4n) is 3.08. The Labute approximate surface area is 193 Å². The molecule has 0 fully saturated rings. The van der Waals surface area contributed by atoms with Gasteiger partial charge in [0.2, 0.25) is 5.91 Å². The summed E-state index contributed by atoms with van der Waals surface area (Å²) in [4.78, 5) is 25.0. The van der Waals surface area contributed by atoms with Crippen LogP contribution in [0.3, 0.4) is 0 Å². The lowest BCUT2D eigenvalue weighted by Crippen LogP contribution is -2.24. The van der Waals surface area contributed by atoms with Gasteiger partial charge in [-0.2, -0.15) is 13.2 Å². The molecule has 34 heavy (non-hydrogen) atoms. The first kappa shape index (κ1) is 24.7. The summed E-state index contributed by atoms with van der Waals surface area (Å²) in [5.74, 6) is -0.00232. The first-order valence-corrected chi connectivity index (χ1v) is 10.3. The monoisotopic (exact) mass is 476 g/mol. The number of furan rings is 1. The quantitative estimate of drug-likeness (QED) is 0.442. The number of carbonyl (C=O) groups is 2. The molecule has 180 valence electrons. The second kappa shape index (κ2) is 11.3. The van der Waals surface area contributed by atoms with Gasteiger partial charge in [0.1, 0.15) is 5.76 Å². The minimum Gasteiger partial charge on any atom is -0.493 e. The molecule has 1 aromatic heterocycles. The van der Waals surface area contributed by atoms with Crippen LogP contribution < -0.4 is 20.1 Å². The van der Waals surface area contributed by atoms with Gasteiger partial charge in [0.15, 0.2) is 18.1 Å². The number of carbonyl (C=O) groups excluding carboxylic acids is 2. The van der Waals surface area contributed by atoms with E-state index in [1.165, 1.54) is 25.5 Å². The third kappa shape index (κ3) is 7.29. The third-order valence-corrected chi connectivity index (χ3v) is 4.71. The summed E-state index contributed by atoms with van der Waals surface area (Å²) in [6.07, 6.45) is -2.58. The standard InChI is InChI=1S/C24H23F3N2O5/c1-32-21-13-16(8-10-20(21)34-15-24(25,26)27)9-11-22(30)29-19-7-3-2-6-18(19)23(31)28-14-17-5-4-12-33-17/h2-8,10,12-13H,9,11,14-15H2,1H3,(H,28,31)(H,29,30). The van der Waals surface area contributed by atoms with Crippen LogP contribution in [0.4, 0.5) is 18.9 Å². The first-order chi connectivity index (χ1) is 16.2. The van der Waals surface area contributed by atoms with Crippen LogP contribution >= 0.6 is 0 Å². The number of para-hydroxylation sites is 1. The molecule has 0 bridgehead atoms. The van der Waals surface area contributed by atoms with Crippen molar-refractivity contribution in [1.29, 1.82) is 0 Å². The van der Waals surface area contributed by atoms with Crippen LogP contribution in [0.2, 0.25) is 0 Å². The minimum absolute atomic E-state index is 0.0393. The topological polar surface area (TPSA) is 89.8 Å². The normalized spacial score (nSPS) is 11.1. The van der Waals surface area contributed by atoms with Gasteiger partial charge in [-0.1, -0.05) is 18.2 Å². The summed E-state index contributed by atoms with van der Waals surface area (Å²) in [6.45, 7) is -1.22. The Morgan fingerprint density at radius 2 is 1.82 bits per heavy atom. The Bertz CT molecular complexity index is 1110. The Balaban J connectivity index is 1.57. The largest absolute Gasteiger partial charge is 0.493 e. The Morgan fingerprint density at radius 1 is 1.03 bits per heavy atom. The smallest absolute Gasteiger partial charge is 0.422 e. The van der Waals surface area contributed by atoms with Crippen LogP contribution in [-0.2, 0) is 17.8 Å². The molecule has 3 aromatic rings. The van der Waals surface area contributed by atoms with Crippen LogP contribution in [0.1, 0.15) is 28.1 Å². The Morgan fingerprint density at radius 3 is 2.53 bits per heavy atom. The zero-order valence-corrected chi connectivity index (χ0v) is 18.3. The molecule has 0 aliphatic heterocycles. The molecule has 0 spiro atoms. The summed E-state index contributed by atoms with van der Waals surface area (Å²) in [7, 11) is 1.32. The van der Waals surface area contributed by atoms with Gasteiger partial charge in [-0.3, -0.25) is 9.59 Å². The molecule has 1 heterocycles. The van der Waals surface area contributed by atoms with E-state index in [-0.39, 0.29) is 36.3 Å². The van der Waals surface area contributed by atoms with E-state index in [1.807, 2.05) is 0 Å². The first-order valence-electron chi connectivity index (χ1n) is 10.3. The second-order valence-corrected chi connectivity index (χ2v) is 7.24. The maximum absolute atomic E-state index is 12.5. The maximum Gasteiger partial charge on any atom is 0.422 e. The number of rotatable bonds is 10. The number of anilines is 1. The van der Waals surface area contributed by atoms with Crippen molar-refractivity contribution >= 4 is 17.5 Å². The van der Waals surface area contributed by atoms with Gasteiger partial charge < -0.3 is 24.5 Å². The molecular formula is C24H23F3N2O5. The zero-order valence-electron chi connectivity index (χ0n) is 18.3. The van der Waals surface area contributed by atoms with Crippen molar-refractivity contribution in [1.82, 2.24) is 5.32 Å². The Kier molecular flexibility index (Phi) is 8.18. The molecule has 0 radical (unpaired) electrons. The van der Waals surface area contributed by atoms with Crippen LogP contribution in [0, 0.1) is 0 Å². The molecule has 7 nitrogen and oxygen atoms in total. The van der Waals surface area contributed by atoms with Gasteiger partial charge in [-0.05, 0) is 48.4 Å². The van der Waals surface area contributed by atoms with Crippen molar-refractivity contribution in [2.75, 3.05) is 19.0 Å². The lowest BCUT2D eigenvalue weighted by atomic mass is 10.1. The summed E-state index contributed by atoms with van der Waals surface area (Å²) in [5.41, 5.74) is 1.34. The van der Waals surface area contributed by atoms with Crippen molar-refractivity contribution in [2.45, 2.75) is 25.6 Å². The second-order valence-electron chi connectivity index (χ2n) is 7.24. The van der Waals surface area contributed by atoms with E-state index in [2.05, 4.69) is 10.6 Å². The van der Waals surface area contributed by atoms with Gasteiger partial charge in [0.05, 0.1) is 31.2 Å². The summed E-state index contributed by atoms with van der Waals surface area (Å²) in [6, 6.07) is 14.5. The van der Waals surface area contributed by atoms with Crippen molar-refractivity contribution in [3.8, 4) is 11.5 Å². The predicted octanol–water partition coefficient (Wildman–Crippen LogP) is 4.73. The highest BCUT2D eigenvalue weighted by molar-refractivity contribution is 6.03. The molecule has 2 amide bonds. The zero-order chi connectivity index (χ0) is 24.6. The molecule has 10 heteroatoms. The molecule has 0 atom stereocenters. The third-order valence-electron chi connectivity index (χ3n) is 4.71. The molecule has 0 unspecified atom stereocenters. The van der Waals surface area contributed by atoms with Gasteiger partial charge in [-0.25, -0.2) is 0 Å². The highest BCUT2D eigenvalue weighted by Crippen LogP contribution is 2.30. The number of aryl methyl sites for hydroxylation is 1. The molecule has 0 saturated heterocycles. The summed E-state index contributed by atoms with van der Waals surface area (Å²) in [5, 5.41) is 5.46. The minimum atomic E-state index is -4.46. The van der Waals surface area contributed by atoms with E-state index in [0.717, 1.165) is 0 Å². The van der Waals surface area contributed by atoms with E-state index in [0.29, 0.717) is 29.0 Å². The van der Waals surface area contributed by atoms with Crippen molar-refractivity contribution in [3.63, 3.8) is 0 Å². The molecule has 2 aromatic carbocycles. The van der Waals surface area contributed by atoms with E-state index in [4.69, 9.17) is 13.9 Å². The molecule has 0 saturated carbocycles. The molecule has 0 aliphatic carbocycles. The van der Waals surface area contributed by atoms with Crippen molar-refractivity contribution in [2.24, 2.45) is 0 Å². The number of hydrogen-bond acceptors (Lipinski definition) is 5. The predicted molar refractivity (Wildman–Crippen MR) is 118 cm³/mol. The molecular weight excluding hydrogens is 453 g/mol. The highest BCUT2D eigenvalue weighted by atomic mass is 19.4. The van der Waals surface area contributed by atoms with E-state index in [1.54, 1.807) is 42.5 Å². The average molecular weight is 476 g/mol. The van der Waals surface area contributed by atoms with E-state index >= 15 is 0 Å². The van der Waals surface area contributed by atoms with Crippen LogP contribution in [-0.4, -0.2) is 31.7 Å². The number of benzene rings is 2. The van der Waals surface area contributed by atoms with Crippen LogP contribution in [0.15, 0.2) is 65.3 Å². The number of hydrogen-bond donors (Lipinski definition) is 2. The number of amides is 2. The SMILES string of the molecule is COc1cc(CCC(=O)Nc2ccccc2C(=O)NCc2ccco2)ccc1OCC(F)(F)F. The van der Waals surface area contributed by atoms with Crippen LogP contribution in [0.25, 0.3) is 0 Å². The van der Waals surface area contributed by atoms with Crippen molar-refractivity contribution < 1.29 is 36.7 Å². The van der Waals surface area contributed by atoms with Gasteiger partial charge in [0.25, 0.3) is 5.91 Å². The van der Waals surface area contributed by atoms with Crippen LogP contribution in [0.5, 0.6) is 11.5 Å². The lowest BCUT2D eigenvalue weighted by molar-refractivity contribution is -0.153. The number of nitrogens with one attached hydrogen (secondary N) is 2. The fraction of sp³-hybridized carbons (Fsp3) is 0.250. The maximum atomic E-state index is 12.5. The number of halogens is 3. The van der Waals surface area contributed by atoms with Gasteiger partial charge >= 0.3 is 6.18 Å². The van der Waals surface area contributed by atoms with E-state index < -0.39 is 12.8 Å². The van der Waals surface area contributed by atoms with Crippen molar-refractivity contribution in [3.05, 3.63) is 77.7 Å². The Hall–Kier alpha value is -3.95. The number of alkyl halides is 3. The van der Waals surface area contributed by atoms with E-state index in [9.17, 15) is 22.8 Å². The molecule has 0 aliphatic rings.